The van der Waals surface area contributed by atoms with Crippen LogP contribution in [0.25, 0.3) is 0 Å². The van der Waals surface area contributed by atoms with Crippen LogP contribution in [-0.4, -0.2) is 30.1 Å². The molecular formula is C25H30O4. The minimum absolute atomic E-state index is 0.00802. The van der Waals surface area contributed by atoms with E-state index in [9.17, 15) is 14.4 Å². The number of allylic oxidation sites excluding steroid dienone is 1. The second-order valence-electron chi connectivity index (χ2n) is 8.85. The van der Waals surface area contributed by atoms with Crippen molar-refractivity contribution < 1.29 is 19.1 Å². The van der Waals surface area contributed by atoms with Crippen LogP contribution in [0.15, 0.2) is 42.0 Å². The molecule has 4 nitrogen and oxygen atoms in total. The molecule has 0 aliphatic heterocycles. The summed E-state index contributed by atoms with van der Waals surface area (Å²) in [4.78, 5) is 41.9. The molecule has 0 aromatic heterocycles. The summed E-state index contributed by atoms with van der Waals surface area (Å²) in [6, 6.07) is 8.85. The van der Waals surface area contributed by atoms with Gasteiger partial charge in [0.15, 0.2) is 22.8 Å². The van der Waals surface area contributed by atoms with Gasteiger partial charge < -0.3 is 4.74 Å². The van der Waals surface area contributed by atoms with Gasteiger partial charge in [-0.1, -0.05) is 63.1 Å². The fraction of sp³-hybridized carbons (Fsp3) is 0.560. The van der Waals surface area contributed by atoms with Gasteiger partial charge in [0.05, 0.1) is 5.41 Å². The fourth-order valence-corrected chi connectivity index (χ4v) is 6.81. The van der Waals surface area contributed by atoms with Crippen LogP contribution in [0.2, 0.25) is 0 Å². The predicted molar refractivity (Wildman–Crippen MR) is 111 cm³/mol. The number of methoxy groups -OCH3 is 1. The summed E-state index contributed by atoms with van der Waals surface area (Å²) in [6.45, 7) is 4.05. The van der Waals surface area contributed by atoms with Crippen molar-refractivity contribution in [1.29, 1.82) is 0 Å². The predicted octanol–water partition coefficient (Wildman–Crippen LogP) is 4.72. The molecule has 154 valence electrons. The van der Waals surface area contributed by atoms with Crippen LogP contribution < -0.4 is 0 Å². The molecule has 0 saturated heterocycles. The second kappa shape index (κ2) is 7.02. The van der Waals surface area contributed by atoms with Crippen molar-refractivity contribution in [3.63, 3.8) is 0 Å². The van der Waals surface area contributed by atoms with Gasteiger partial charge in [0.25, 0.3) is 0 Å². The molecule has 4 fully saturated rings. The van der Waals surface area contributed by atoms with Crippen LogP contribution in [-0.2, 0) is 14.3 Å². The molecule has 0 amide bonds. The van der Waals surface area contributed by atoms with Gasteiger partial charge in [0.2, 0.25) is 0 Å². The monoisotopic (exact) mass is 394 g/mol. The fourth-order valence-electron chi connectivity index (χ4n) is 6.81. The van der Waals surface area contributed by atoms with Crippen molar-refractivity contribution >= 4 is 17.3 Å². The lowest BCUT2D eigenvalue weighted by Gasteiger charge is -2.67. The molecule has 0 N–H and O–H groups in total. The molecule has 0 unspecified atom stereocenters. The summed E-state index contributed by atoms with van der Waals surface area (Å²) in [5.74, 6) is -0.817. The zero-order valence-electron chi connectivity index (χ0n) is 17.6. The number of carbonyl (C=O) groups excluding carboxylic acids is 3. The molecule has 4 atom stereocenters. The van der Waals surface area contributed by atoms with E-state index in [1.54, 1.807) is 31.4 Å². The number of fused-ring (bicyclic) bond motifs is 1. The maximum atomic E-state index is 14.2. The Kier molecular flexibility index (Phi) is 4.89. The van der Waals surface area contributed by atoms with Gasteiger partial charge in [-0.15, -0.1) is 0 Å². The van der Waals surface area contributed by atoms with Crippen LogP contribution >= 0.6 is 0 Å². The van der Waals surface area contributed by atoms with Gasteiger partial charge in [-0.2, -0.15) is 0 Å². The first kappa shape index (κ1) is 20.2. The molecule has 1 aromatic rings. The summed E-state index contributed by atoms with van der Waals surface area (Å²) < 4.78 is 6.20. The van der Waals surface area contributed by atoms with Gasteiger partial charge in [-0.3, -0.25) is 14.4 Å². The standard InChI is InChI=1S/C25H30O4/c1-4-10-19-21(27)24(20(26)17-11-7-6-8-12-17)16-18-13-9-15-23(14-5-2,22(24)28)25(18,19)29-3/h6-8,10-12,18H,4-5,9,13-16H2,1-3H3/b19-10+/t18-,23+,24-,25+/m0/s1. The van der Waals surface area contributed by atoms with Gasteiger partial charge >= 0.3 is 0 Å². The third kappa shape index (κ3) is 2.27. The first-order chi connectivity index (χ1) is 14.0. The molecule has 4 heteroatoms. The Labute approximate surface area is 172 Å². The molecule has 29 heavy (non-hydrogen) atoms. The van der Waals surface area contributed by atoms with Crippen LogP contribution in [0.4, 0.5) is 0 Å². The van der Waals surface area contributed by atoms with Gasteiger partial charge in [0.1, 0.15) is 5.60 Å². The first-order valence-corrected chi connectivity index (χ1v) is 10.9. The highest BCUT2D eigenvalue weighted by molar-refractivity contribution is 6.36. The number of ketones is 3. The second-order valence-corrected chi connectivity index (χ2v) is 8.85. The Bertz CT molecular complexity index is 881. The quantitative estimate of drug-likeness (QED) is 0.398. The largest absolute Gasteiger partial charge is 0.372 e. The third-order valence-corrected chi connectivity index (χ3v) is 7.68. The minimum Gasteiger partial charge on any atom is -0.372 e. The molecule has 0 heterocycles. The summed E-state index contributed by atoms with van der Waals surface area (Å²) in [7, 11) is 1.64. The Morgan fingerprint density at radius 1 is 1.21 bits per heavy atom. The average molecular weight is 395 g/mol. The van der Waals surface area contributed by atoms with E-state index in [2.05, 4.69) is 6.92 Å². The van der Waals surface area contributed by atoms with Gasteiger partial charge in [-0.25, -0.2) is 0 Å². The summed E-state index contributed by atoms with van der Waals surface area (Å²) in [5, 5.41) is 0. The third-order valence-electron chi connectivity index (χ3n) is 7.68. The SMILES string of the molecule is CC/C=C1\C(=O)[C@@]2(C(=O)c3ccccc3)C[C@@H]3CCC[C@](CCC)(C2=O)[C@]13OC. The van der Waals surface area contributed by atoms with E-state index in [-0.39, 0.29) is 29.7 Å². The topological polar surface area (TPSA) is 60.4 Å². The number of Topliss-reactive ketones (excluding diaryl/α,β-unsaturated/α-hetero) is 3. The van der Waals surface area contributed by atoms with Gasteiger partial charge in [0, 0.05) is 18.2 Å². The van der Waals surface area contributed by atoms with Crippen LogP contribution in [0.5, 0.6) is 0 Å². The average Bonchev–Trinajstić information content (AvgIpc) is 2.74. The number of hydrogen-bond donors (Lipinski definition) is 0. The highest BCUT2D eigenvalue weighted by Crippen LogP contribution is 2.69. The summed E-state index contributed by atoms with van der Waals surface area (Å²) >= 11 is 0. The highest BCUT2D eigenvalue weighted by atomic mass is 16.5. The van der Waals surface area contributed by atoms with E-state index in [1.165, 1.54) is 0 Å². The van der Waals surface area contributed by atoms with E-state index >= 15 is 0 Å². The maximum Gasteiger partial charge on any atom is 0.184 e. The lowest BCUT2D eigenvalue weighted by atomic mass is 9.36. The van der Waals surface area contributed by atoms with Crippen molar-refractivity contribution in [1.82, 2.24) is 0 Å². The Morgan fingerprint density at radius 3 is 2.55 bits per heavy atom. The maximum absolute atomic E-state index is 14.2. The van der Waals surface area contributed by atoms with Crippen LogP contribution in [0.3, 0.4) is 0 Å². The lowest BCUT2D eigenvalue weighted by molar-refractivity contribution is -0.211. The molecule has 1 aromatic carbocycles. The van der Waals surface area contributed by atoms with E-state index in [0.29, 0.717) is 30.4 Å². The molecular weight excluding hydrogens is 364 g/mol. The van der Waals surface area contributed by atoms with E-state index in [1.807, 2.05) is 19.1 Å². The number of carbonyl (C=O) groups is 3. The smallest absolute Gasteiger partial charge is 0.184 e. The number of ether oxygens (including phenoxy) is 1. The van der Waals surface area contributed by atoms with E-state index in [4.69, 9.17) is 4.74 Å². The molecule has 4 aliphatic rings. The molecule has 0 radical (unpaired) electrons. The number of hydrogen-bond acceptors (Lipinski definition) is 4. The zero-order chi connectivity index (χ0) is 20.9. The molecule has 4 aliphatic carbocycles. The van der Waals surface area contributed by atoms with Gasteiger partial charge in [-0.05, 0) is 38.0 Å². The van der Waals surface area contributed by atoms with E-state index in [0.717, 1.165) is 19.3 Å². The van der Waals surface area contributed by atoms with Crippen molar-refractivity contribution in [2.45, 2.75) is 64.4 Å². The summed E-state index contributed by atoms with van der Waals surface area (Å²) in [6.07, 6.45) is 6.83. The first-order valence-electron chi connectivity index (χ1n) is 10.9. The number of benzene rings is 1. The van der Waals surface area contributed by atoms with Crippen molar-refractivity contribution in [2.24, 2.45) is 16.7 Å². The Balaban J connectivity index is 2.01. The molecule has 4 saturated carbocycles. The Hall–Kier alpha value is -2.07. The van der Waals surface area contributed by atoms with Crippen molar-refractivity contribution in [3.05, 3.63) is 47.5 Å². The highest BCUT2D eigenvalue weighted by Gasteiger charge is 2.79. The molecule has 5 rings (SSSR count). The Morgan fingerprint density at radius 2 is 1.93 bits per heavy atom. The summed E-state index contributed by atoms with van der Waals surface area (Å²) in [5.41, 5.74) is -2.25. The van der Waals surface area contributed by atoms with E-state index < -0.39 is 16.4 Å². The van der Waals surface area contributed by atoms with Crippen molar-refractivity contribution in [2.75, 3.05) is 7.11 Å². The van der Waals surface area contributed by atoms with Crippen LogP contribution in [0.1, 0.15) is 69.2 Å². The zero-order valence-corrected chi connectivity index (χ0v) is 17.6. The molecule has 0 spiro atoms. The lowest BCUT2D eigenvalue weighted by Crippen LogP contribution is -2.78. The van der Waals surface area contributed by atoms with Crippen LogP contribution in [0, 0.1) is 16.7 Å². The normalized spacial score (nSPS) is 37.2. The molecule has 4 bridgehead atoms. The minimum atomic E-state index is -1.59. The van der Waals surface area contributed by atoms with Crippen molar-refractivity contribution in [3.8, 4) is 0 Å². The number of rotatable bonds is 6.